The quantitative estimate of drug-likeness (QED) is 0.831. The summed E-state index contributed by atoms with van der Waals surface area (Å²) in [6, 6.07) is 10.3. The summed E-state index contributed by atoms with van der Waals surface area (Å²) in [6.07, 6.45) is 2.58. The molecule has 0 radical (unpaired) electrons. The van der Waals surface area contributed by atoms with Crippen molar-refractivity contribution in [2.24, 2.45) is 0 Å². The van der Waals surface area contributed by atoms with E-state index in [0.717, 1.165) is 12.0 Å². The van der Waals surface area contributed by atoms with Crippen LogP contribution >= 0.6 is 0 Å². The Balaban J connectivity index is 2.35. The molecule has 2 rings (SSSR count). The molecule has 82 valence electrons. The highest BCUT2D eigenvalue weighted by atomic mass is 14.8. The van der Waals surface area contributed by atoms with Crippen molar-refractivity contribution in [2.45, 2.75) is 20.3 Å². The summed E-state index contributed by atoms with van der Waals surface area (Å²) < 4.78 is 0. The first-order chi connectivity index (χ1) is 7.68. The Labute approximate surface area is 96.1 Å². The third-order valence-corrected chi connectivity index (χ3v) is 3.02. The maximum absolute atomic E-state index is 5.85. The first-order valence-electron chi connectivity index (χ1n) is 5.43. The number of nitrogens with zero attached hydrogens (tertiary/aromatic N) is 1. The molecule has 0 aliphatic rings. The zero-order valence-electron chi connectivity index (χ0n) is 9.70. The Bertz CT molecular complexity index is 504. The largest absolute Gasteiger partial charge is 0.383 e. The van der Waals surface area contributed by atoms with Crippen LogP contribution in [0.2, 0.25) is 0 Å². The van der Waals surface area contributed by atoms with Crippen molar-refractivity contribution in [1.29, 1.82) is 0 Å². The molecule has 0 bridgehead atoms. The number of anilines is 1. The van der Waals surface area contributed by atoms with Gasteiger partial charge in [0.25, 0.3) is 0 Å². The molecule has 0 saturated carbocycles. The summed E-state index contributed by atoms with van der Waals surface area (Å²) >= 11 is 0. The second-order valence-corrected chi connectivity index (χ2v) is 4.08. The number of benzene rings is 1. The van der Waals surface area contributed by atoms with Gasteiger partial charge in [0.2, 0.25) is 0 Å². The number of rotatable bonds is 2. The van der Waals surface area contributed by atoms with E-state index in [4.69, 9.17) is 5.73 Å². The lowest BCUT2D eigenvalue weighted by Crippen LogP contribution is -2.00. The Kier molecular flexibility index (Phi) is 2.91. The van der Waals surface area contributed by atoms with Crippen LogP contribution in [0.1, 0.15) is 22.3 Å². The number of pyridine rings is 1. The number of aryl methyl sites for hydroxylation is 1. The molecular formula is C14H16N2. The zero-order chi connectivity index (χ0) is 11.5. The first-order valence-corrected chi connectivity index (χ1v) is 5.43. The van der Waals surface area contributed by atoms with Crippen molar-refractivity contribution in [3.63, 3.8) is 0 Å². The Hall–Kier alpha value is -1.83. The Morgan fingerprint density at radius 2 is 1.81 bits per heavy atom. The van der Waals surface area contributed by atoms with Gasteiger partial charge in [-0.05, 0) is 42.2 Å². The highest BCUT2D eigenvalue weighted by Crippen LogP contribution is 2.19. The second kappa shape index (κ2) is 4.35. The van der Waals surface area contributed by atoms with E-state index in [2.05, 4.69) is 37.0 Å². The van der Waals surface area contributed by atoms with Crippen molar-refractivity contribution in [3.8, 4) is 0 Å². The molecule has 2 nitrogen and oxygen atoms in total. The maximum Gasteiger partial charge on any atom is 0.126 e. The lowest BCUT2D eigenvalue weighted by molar-refractivity contribution is 1.12. The topological polar surface area (TPSA) is 38.9 Å². The molecule has 0 amide bonds. The molecule has 0 spiro atoms. The standard InChI is InChI=1S/C14H16N2/c1-10-5-3-6-12(11(10)2)9-13-7-4-8-16-14(13)15/h3-8H,9H2,1-2H3,(H2,15,16). The van der Waals surface area contributed by atoms with E-state index in [1.165, 1.54) is 16.7 Å². The second-order valence-electron chi connectivity index (χ2n) is 4.08. The van der Waals surface area contributed by atoms with E-state index in [0.29, 0.717) is 5.82 Å². The fraction of sp³-hybridized carbons (Fsp3) is 0.214. The molecule has 2 heteroatoms. The van der Waals surface area contributed by atoms with Gasteiger partial charge in [-0.25, -0.2) is 4.98 Å². The minimum atomic E-state index is 0.628. The highest BCUT2D eigenvalue weighted by Gasteiger charge is 2.04. The van der Waals surface area contributed by atoms with E-state index >= 15 is 0 Å². The van der Waals surface area contributed by atoms with Gasteiger partial charge in [0, 0.05) is 12.6 Å². The van der Waals surface area contributed by atoms with Crippen LogP contribution < -0.4 is 5.73 Å². The number of hydrogen-bond donors (Lipinski definition) is 1. The predicted molar refractivity (Wildman–Crippen MR) is 67.4 cm³/mol. The fourth-order valence-corrected chi connectivity index (χ4v) is 1.81. The van der Waals surface area contributed by atoms with E-state index < -0.39 is 0 Å². The summed E-state index contributed by atoms with van der Waals surface area (Å²) in [7, 11) is 0. The number of nitrogens with two attached hydrogens (primary N) is 1. The van der Waals surface area contributed by atoms with Gasteiger partial charge in [0.05, 0.1) is 0 Å². The van der Waals surface area contributed by atoms with Crippen LogP contribution in [0.25, 0.3) is 0 Å². The van der Waals surface area contributed by atoms with Crippen LogP contribution in [-0.2, 0) is 6.42 Å². The molecule has 0 saturated heterocycles. The summed E-state index contributed by atoms with van der Waals surface area (Å²) in [5, 5.41) is 0. The van der Waals surface area contributed by atoms with Crippen molar-refractivity contribution < 1.29 is 0 Å². The van der Waals surface area contributed by atoms with Crippen LogP contribution in [0.15, 0.2) is 36.5 Å². The number of nitrogen functional groups attached to an aromatic ring is 1. The van der Waals surface area contributed by atoms with Crippen molar-refractivity contribution in [2.75, 3.05) is 5.73 Å². The van der Waals surface area contributed by atoms with Gasteiger partial charge in [-0.2, -0.15) is 0 Å². The lowest BCUT2D eigenvalue weighted by atomic mass is 9.98. The number of aromatic nitrogens is 1. The molecule has 0 fully saturated rings. The summed E-state index contributed by atoms with van der Waals surface area (Å²) in [6.45, 7) is 4.28. The average molecular weight is 212 g/mol. The third-order valence-electron chi connectivity index (χ3n) is 3.02. The maximum atomic E-state index is 5.85. The zero-order valence-corrected chi connectivity index (χ0v) is 9.70. The molecule has 16 heavy (non-hydrogen) atoms. The summed E-state index contributed by atoms with van der Waals surface area (Å²) in [5.41, 5.74) is 10.9. The SMILES string of the molecule is Cc1cccc(Cc2cccnc2N)c1C. The van der Waals surface area contributed by atoms with Gasteiger partial charge in [0.15, 0.2) is 0 Å². The molecule has 0 unspecified atom stereocenters. The van der Waals surface area contributed by atoms with Crippen molar-refractivity contribution in [1.82, 2.24) is 4.98 Å². The Morgan fingerprint density at radius 1 is 1.06 bits per heavy atom. The van der Waals surface area contributed by atoms with E-state index in [9.17, 15) is 0 Å². The van der Waals surface area contributed by atoms with E-state index in [1.54, 1.807) is 6.20 Å². The number of hydrogen-bond acceptors (Lipinski definition) is 2. The van der Waals surface area contributed by atoms with Crippen LogP contribution in [0.4, 0.5) is 5.82 Å². The molecule has 0 atom stereocenters. The van der Waals surface area contributed by atoms with Gasteiger partial charge in [-0.1, -0.05) is 24.3 Å². The van der Waals surface area contributed by atoms with Crippen molar-refractivity contribution in [3.05, 3.63) is 58.8 Å². The van der Waals surface area contributed by atoms with Gasteiger partial charge < -0.3 is 5.73 Å². The molecule has 2 N–H and O–H groups in total. The first kappa shape index (κ1) is 10.7. The lowest BCUT2D eigenvalue weighted by Gasteiger charge is -2.09. The van der Waals surface area contributed by atoms with Crippen molar-refractivity contribution >= 4 is 5.82 Å². The monoisotopic (exact) mass is 212 g/mol. The van der Waals surface area contributed by atoms with Gasteiger partial charge >= 0.3 is 0 Å². The highest BCUT2D eigenvalue weighted by molar-refractivity contribution is 5.44. The van der Waals surface area contributed by atoms with Gasteiger partial charge in [0.1, 0.15) is 5.82 Å². The van der Waals surface area contributed by atoms with Gasteiger partial charge in [-0.3, -0.25) is 0 Å². The summed E-state index contributed by atoms with van der Waals surface area (Å²) in [4.78, 5) is 4.11. The summed E-state index contributed by atoms with van der Waals surface area (Å²) in [5.74, 6) is 0.628. The fourth-order valence-electron chi connectivity index (χ4n) is 1.81. The molecule has 0 aliphatic carbocycles. The van der Waals surface area contributed by atoms with E-state index in [1.807, 2.05) is 12.1 Å². The molecule has 1 aromatic carbocycles. The molecule has 0 aliphatic heterocycles. The molecule has 1 aromatic heterocycles. The molecule has 1 heterocycles. The molecule has 2 aromatic rings. The van der Waals surface area contributed by atoms with Crippen LogP contribution in [0.3, 0.4) is 0 Å². The third kappa shape index (κ3) is 2.06. The van der Waals surface area contributed by atoms with Gasteiger partial charge in [-0.15, -0.1) is 0 Å². The smallest absolute Gasteiger partial charge is 0.126 e. The van der Waals surface area contributed by atoms with Crippen LogP contribution in [0, 0.1) is 13.8 Å². The van der Waals surface area contributed by atoms with Crippen LogP contribution in [-0.4, -0.2) is 4.98 Å². The minimum absolute atomic E-state index is 0.628. The predicted octanol–water partition coefficient (Wildman–Crippen LogP) is 2.87. The normalized spacial score (nSPS) is 10.4. The Morgan fingerprint density at radius 3 is 2.56 bits per heavy atom. The van der Waals surface area contributed by atoms with E-state index in [-0.39, 0.29) is 0 Å². The minimum Gasteiger partial charge on any atom is -0.383 e. The van der Waals surface area contributed by atoms with Crippen LogP contribution in [0.5, 0.6) is 0 Å². The molecular weight excluding hydrogens is 196 g/mol. The average Bonchev–Trinajstić information content (AvgIpc) is 2.28.